The molecule has 1 saturated heterocycles. The fourth-order valence-electron chi connectivity index (χ4n) is 2.50. The Bertz CT molecular complexity index is 520. The van der Waals surface area contributed by atoms with Crippen molar-refractivity contribution in [3.05, 3.63) is 35.9 Å². The number of β-amino-alcohol motifs (C(OH)–C–C–N with tert-alkyl or cyclic N) is 1. The first kappa shape index (κ1) is 23.9. The first-order valence-corrected chi connectivity index (χ1v) is 7.38. The summed E-state index contributed by atoms with van der Waals surface area (Å²) in [4.78, 5) is 11.7. The molecule has 1 aliphatic heterocycles. The molecule has 5 nitrogen and oxygen atoms in total. The fourth-order valence-corrected chi connectivity index (χ4v) is 2.50. The highest BCUT2D eigenvalue weighted by Crippen LogP contribution is 2.32. The summed E-state index contributed by atoms with van der Waals surface area (Å²) in [5.41, 5.74) is 0.0585. The van der Waals surface area contributed by atoms with Crippen LogP contribution in [0, 0.1) is 5.92 Å². The Morgan fingerprint density at radius 3 is 2.40 bits per heavy atom. The van der Waals surface area contributed by atoms with Gasteiger partial charge in [-0.15, -0.1) is 24.8 Å². The van der Waals surface area contributed by atoms with E-state index < -0.39 is 30.8 Å². The molecule has 1 aliphatic rings. The van der Waals surface area contributed by atoms with Crippen molar-refractivity contribution in [3.8, 4) is 0 Å². The lowest BCUT2D eigenvalue weighted by Gasteiger charge is -2.22. The fraction of sp³-hybridized carbons (Fsp3) is 0.533. The summed E-state index contributed by atoms with van der Waals surface area (Å²) in [7, 11) is 0. The molecule has 0 saturated carbocycles. The number of halogens is 5. The van der Waals surface area contributed by atoms with Crippen LogP contribution in [0.25, 0.3) is 0 Å². The van der Waals surface area contributed by atoms with Gasteiger partial charge in [0.2, 0.25) is 5.91 Å². The lowest BCUT2D eigenvalue weighted by atomic mass is 10.1. The maximum Gasteiger partial charge on any atom is 0.407 e. The Labute approximate surface area is 156 Å². The molecule has 0 spiro atoms. The maximum atomic E-state index is 13.1. The summed E-state index contributed by atoms with van der Waals surface area (Å²) < 4.78 is 39.3. The average Bonchev–Trinajstić information content (AvgIpc) is 2.90. The molecule has 0 aromatic heterocycles. The summed E-state index contributed by atoms with van der Waals surface area (Å²) in [5, 5.41) is 17.4. The molecule has 2 rings (SSSR count). The van der Waals surface area contributed by atoms with Gasteiger partial charge in [-0.3, -0.25) is 10.1 Å². The number of carbonyl (C=O) groups is 1. The monoisotopic (exact) mass is 403 g/mol. The molecule has 1 amide bonds. The van der Waals surface area contributed by atoms with Crippen molar-refractivity contribution in [3.63, 3.8) is 0 Å². The molecule has 3 unspecified atom stereocenters. The third kappa shape index (κ3) is 7.37. The summed E-state index contributed by atoms with van der Waals surface area (Å²) in [5.74, 6) is -0.652. The topological polar surface area (TPSA) is 73.4 Å². The second-order valence-corrected chi connectivity index (χ2v) is 5.56. The minimum atomic E-state index is -4.49. The van der Waals surface area contributed by atoms with Crippen molar-refractivity contribution in [1.29, 1.82) is 0 Å². The molecule has 25 heavy (non-hydrogen) atoms. The number of carbonyl (C=O) groups excluding carboxylic acids is 1. The largest absolute Gasteiger partial charge is 0.407 e. The van der Waals surface area contributed by atoms with Gasteiger partial charge < -0.3 is 15.7 Å². The zero-order valence-corrected chi connectivity index (χ0v) is 14.9. The number of aliphatic hydroxyl groups is 1. The van der Waals surface area contributed by atoms with Gasteiger partial charge in [-0.2, -0.15) is 13.2 Å². The van der Waals surface area contributed by atoms with Gasteiger partial charge in [-0.25, -0.2) is 0 Å². The van der Waals surface area contributed by atoms with E-state index in [2.05, 4.69) is 16.0 Å². The minimum absolute atomic E-state index is 0. The Kier molecular flexibility index (Phi) is 10.4. The highest BCUT2D eigenvalue weighted by atomic mass is 35.5. The van der Waals surface area contributed by atoms with E-state index >= 15 is 0 Å². The molecule has 0 radical (unpaired) electrons. The Hall–Kier alpha value is -1.06. The van der Waals surface area contributed by atoms with Gasteiger partial charge in [0.1, 0.15) is 6.04 Å². The van der Waals surface area contributed by atoms with Gasteiger partial charge in [0, 0.05) is 25.6 Å². The van der Waals surface area contributed by atoms with Crippen molar-refractivity contribution in [2.45, 2.75) is 18.3 Å². The van der Waals surface area contributed by atoms with Gasteiger partial charge in [-0.05, 0) is 5.56 Å². The molecule has 1 heterocycles. The Morgan fingerprint density at radius 1 is 1.24 bits per heavy atom. The van der Waals surface area contributed by atoms with Crippen molar-refractivity contribution >= 4 is 30.7 Å². The summed E-state index contributed by atoms with van der Waals surface area (Å²) in [6, 6.07) is 5.50. The SMILES string of the molecule is Cl.Cl.O=C(CNC(c1ccccc1)C(F)(F)F)NCC1CNCC1O. The van der Waals surface area contributed by atoms with Crippen LogP contribution in [-0.2, 0) is 4.79 Å². The minimum Gasteiger partial charge on any atom is -0.391 e. The third-order valence-corrected chi connectivity index (χ3v) is 3.79. The van der Waals surface area contributed by atoms with Crippen LogP contribution in [0.1, 0.15) is 11.6 Å². The number of aliphatic hydroxyl groups excluding tert-OH is 1. The smallest absolute Gasteiger partial charge is 0.391 e. The number of rotatable bonds is 6. The van der Waals surface area contributed by atoms with Crippen LogP contribution in [0.15, 0.2) is 30.3 Å². The molecular weight excluding hydrogens is 382 g/mol. The van der Waals surface area contributed by atoms with Gasteiger partial charge in [0.15, 0.2) is 0 Å². The van der Waals surface area contributed by atoms with Gasteiger partial charge in [-0.1, -0.05) is 30.3 Å². The standard InChI is InChI=1S/C15H20F3N3O2.2ClH/c16-15(17,18)14(10-4-2-1-3-5-10)21-9-13(23)20-7-11-6-19-8-12(11)22;;/h1-5,11-12,14,19,21-22H,6-9H2,(H,20,23);2*1H. The predicted molar refractivity (Wildman–Crippen MR) is 93.1 cm³/mol. The zero-order valence-electron chi connectivity index (χ0n) is 13.3. The van der Waals surface area contributed by atoms with E-state index in [-0.39, 0.29) is 42.8 Å². The average molecular weight is 404 g/mol. The zero-order chi connectivity index (χ0) is 16.9. The van der Waals surface area contributed by atoms with Crippen LogP contribution in [0.3, 0.4) is 0 Å². The van der Waals surface area contributed by atoms with Crippen molar-refractivity contribution < 1.29 is 23.1 Å². The van der Waals surface area contributed by atoms with E-state index in [4.69, 9.17) is 0 Å². The maximum absolute atomic E-state index is 13.1. The predicted octanol–water partition coefficient (Wildman–Crippen LogP) is 1.42. The number of nitrogens with one attached hydrogen (secondary N) is 3. The lowest BCUT2D eigenvalue weighted by molar-refractivity contribution is -0.158. The molecule has 1 aromatic rings. The molecule has 0 aliphatic carbocycles. The van der Waals surface area contributed by atoms with Crippen LogP contribution >= 0.6 is 24.8 Å². The highest BCUT2D eigenvalue weighted by Gasteiger charge is 2.40. The normalized spacial score (nSPS) is 21.0. The number of hydrogen-bond acceptors (Lipinski definition) is 4. The molecule has 1 fully saturated rings. The molecule has 1 aromatic carbocycles. The van der Waals surface area contributed by atoms with Crippen molar-refractivity contribution in [2.75, 3.05) is 26.2 Å². The number of alkyl halides is 3. The number of amides is 1. The number of benzene rings is 1. The molecular formula is C15H22Cl2F3N3O2. The Balaban J connectivity index is 0.00000288. The van der Waals surface area contributed by atoms with Crippen LogP contribution in [0.5, 0.6) is 0 Å². The van der Waals surface area contributed by atoms with E-state index in [0.717, 1.165) is 0 Å². The van der Waals surface area contributed by atoms with Crippen LogP contribution in [0.2, 0.25) is 0 Å². The van der Waals surface area contributed by atoms with E-state index in [1.807, 2.05) is 0 Å². The van der Waals surface area contributed by atoms with Crippen LogP contribution in [0.4, 0.5) is 13.2 Å². The molecule has 4 N–H and O–H groups in total. The van der Waals surface area contributed by atoms with Crippen LogP contribution < -0.4 is 16.0 Å². The molecule has 144 valence electrons. The quantitative estimate of drug-likeness (QED) is 0.579. The Morgan fingerprint density at radius 2 is 1.88 bits per heavy atom. The van der Waals surface area contributed by atoms with E-state index in [1.54, 1.807) is 6.07 Å². The lowest BCUT2D eigenvalue weighted by Crippen LogP contribution is -2.43. The van der Waals surface area contributed by atoms with Crippen molar-refractivity contribution in [2.24, 2.45) is 5.92 Å². The summed E-state index contributed by atoms with van der Waals surface area (Å²) >= 11 is 0. The van der Waals surface area contributed by atoms with Gasteiger partial charge >= 0.3 is 6.18 Å². The molecule has 10 heteroatoms. The van der Waals surface area contributed by atoms with E-state index in [9.17, 15) is 23.1 Å². The highest BCUT2D eigenvalue weighted by molar-refractivity contribution is 5.85. The first-order chi connectivity index (χ1) is 10.9. The number of hydrogen-bond donors (Lipinski definition) is 4. The second kappa shape index (κ2) is 10.8. The molecule has 3 atom stereocenters. The summed E-state index contributed by atoms with van der Waals surface area (Å²) in [6.45, 7) is 0.818. The van der Waals surface area contributed by atoms with Gasteiger partial charge in [0.05, 0.1) is 12.6 Å². The van der Waals surface area contributed by atoms with Gasteiger partial charge in [0.25, 0.3) is 0 Å². The third-order valence-electron chi connectivity index (χ3n) is 3.79. The van der Waals surface area contributed by atoms with E-state index in [1.165, 1.54) is 24.3 Å². The van der Waals surface area contributed by atoms with E-state index in [0.29, 0.717) is 13.1 Å². The second-order valence-electron chi connectivity index (χ2n) is 5.56. The van der Waals surface area contributed by atoms with Crippen LogP contribution in [-0.4, -0.2) is 49.5 Å². The molecule has 0 bridgehead atoms. The van der Waals surface area contributed by atoms with Crippen molar-refractivity contribution in [1.82, 2.24) is 16.0 Å². The first-order valence-electron chi connectivity index (χ1n) is 7.38. The summed E-state index contributed by atoms with van der Waals surface area (Å²) in [6.07, 6.45) is -5.04.